The molecule has 2 N–H and O–H groups in total. The minimum absolute atomic E-state index is 0.143. The van der Waals surface area contributed by atoms with E-state index in [1.807, 2.05) is 17.0 Å². The van der Waals surface area contributed by atoms with Gasteiger partial charge in [0.25, 0.3) is 0 Å². The highest BCUT2D eigenvalue weighted by Crippen LogP contribution is 2.18. The summed E-state index contributed by atoms with van der Waals surface area (Å²) in [5.41, 5.74) is 6.76. The maximum atomic E-state index is 11.2. The van der Waals surface area contributed by atoms with Gasteiger partial charge in [0.1, 0.15) is 5.82 Å². The smallest absolute Gasteiger partial charge is 0.219 e. The second-order valence-corrected chi connectivity index (χ2v) is 4.18. The molecule has 0 radical (unpaired) electrons. The Morgan fingerprint density at radius 1 is 1.41 bits per heavy atom. The third-order valence-corrected chi connectivity index (χ3v) is 3.11. The van der Waals surface area contributed by atoms with E-state index in [0.29, 0.717) is 6.54 Å². The van der Waals surface area contributed by atoms with Crippen LogP contribution in [0.15, 0.2) is 18.3 Å². The molecule has 1 fully saturated rings. The number of amides is 1. The maximum absolute atomic E-state index is 11.2. The van der Waals surface area contributed by atoms with Crippen LogP contribution in [-0.4, -0.2) is 42.0 Å². The van der Waals surface area contributed by atoms with Gasteiger partial charge in [-0.3, -0.25) is 4.79 Å². The lowest BCUT2D eigenvalue weighted by Crippen LogP contribution is -2.48. The quantitative estimate of drug-likeness (QED) is 0.794. The van der Waals surface area contributed by atoms with Crippen molar-refractivity contribution in [2.24, 2.45) is 5.73 Å². The summed E-state index contributed by atoms with van der Waals surface area (Å²) in [5, 5.41) is 0. The van der Waals surface area contributed by atoms with E-state index in [1.54, 1.807) is 13.1 Å². The third-order valence-electron chi connectivity index (χ3n) is 3.11. The summed E-state index contributed by atoms with van der Waals surface area (Å²) in [5.74, 6) is 1.10. The number of hydrogen-bond donors (Lipinski definition) is 1. The molecule has 1 amide bonds. The first-order valence-electron chi connectivity index (χ1n) is 5.87. The predicted molar refractivity (Wildman–Crippen MR) is 66.6 cm³/mol. The molecule has 0 unspecified atom stereocenters. The van der Waals surface area contributed by atoms with Crippen molar-refractivity contribution in [2.45, 2.75) is 13.5 Å². The second-order valence-electron chi connectivity index (χ2n) is 4.18. The van der Waals surface area contributed by atoms with Crippen molar-refractivity contribution < 1.29 is 4.79 Å². The van der Waals surface area contributed by atoms with Gasteiger partial charge in [-0.2, -0.15) is 0 Å². The number of nitrogens with two attached hydrogens (primary N) is 1. The molecule has 1 aliphatic heterocycles. The summed E-state index contributed by atoms with van der Waals surface area (Å²) in [6.07, 6.45) is 1.78. The number of rotatable bonds is 2. The monoisotopic (exact) mass is 234 g/mol. The van der Waals surface area contributed by atoms with E-state index < -0.39 is 0 Å². The molecule has 0 saturated carbocycles. The molecule has 0 bridgehead atoms. The molecule has 0 aliphatic carbocycles. The van der Waals surface area contributed by atoms with Gasteiger partial charge >= 0.3 is 0 Å². The number of anilines is 1. The zero-order chi connectivity index (χ0) is 12.3. The van der Waals surface area contributed by atoms with E-state index in [-0.39, 0.29) is 5.91 Å². The van der Waals surface area contributed by atoms with Crippen LogP contribution in [-0.2, 0) is 11.3 Å². The van der Waals surface area contributed by atoms with E-state index in [9.17, 15) is 4.79 Å². The van der Waals surface area contributed by atoms with Gasteiger partial charge in [-0.05, 0) is 6.07 Å². The number of pyridine rings is 1. The third kappa shape index (κ3) is 2.55. The Balaban J connectivity index is 2.07. The van der Waals surface area contributed by atoms with Gasteiger partial charge in [-0.25, -0.2) is 4.98 Å². The summed E-state index contributed by atoms with van der Waals surface area (Å²) in [6, 6.07) is 3.90. The minimum Gasteiger partial charge on any atom is -0.353 e. The van der Waals surface area contributed by atoms with E-state index in [2.05, 4.69) is 9.88 Å². The summed E-state index contributed by atoms with van der Waals surface area (Å²) < 4.78 is 0. The molecule has 1 saturated heterocycles. The van der Waals surface area contributed by atoms with Crippen LogP contribution in [0.2, 0.25) is 0 Å². The number of aromatic nitrogens is 1. The van der Waals surface area contributed by atoms with Gasteiger partial charge in [0.05, 0.1) is 0 Å². The van der Waals surface area contributed by atoms with Crippen LogP contribution in [0.5, 0.6) is 0 Å². The lowest BCUT2D eigenvalue weighted by Gasteiger charge is -2.35. The molecule has 2 heterocycles. The Labute approximate surface area is 101 Å². The lowest BCUT2D eigenvalue weighted by atomic mass is 10.2. The molecule has 92 valence electrons. The fraction of sp³-hybridized carbons (Fsp3) is 0.500. The first-order valence-corrected chi connectivity index (χ1v) is 5.87. The molecule has 1 aliphatic rings. The molecule has 0 aromatic carbocycles. The molecule has 17 heavy (non-hydrogen) atoms. The molecule has 5 heteroatoms. The van der Waals surface area contributed by atoms with Crippen LogP contribution < -0.4 is 10.6 Å². The lowest BCUT2D eigenvalue weighted by molar-refractivity contribution is -0.129. The van der Waals surface area contributed by atoms with Crippen LogP contribution in [0.25, 0.3) is 0 Å². The summed E-state index contributed by atoms with van der Waals surface area (Å²) in [7, 11) is 0. The Hall–Kier alpha value is -1.62. The number of piperazine rings is 1. The van der Waals surface area contributed by atoms with E-state index in [4.69, 9.17) is 5.73 Å². The Morgan fingerprint density at radius 2 is 2.12 bits per heavy atom. The standard InChI is InChI=1S/C12H18N4O/c1-10(17)15-5-7-16(8-6-15)12-11(9-13)3-2-4-14-12/h2-4H,5-9,13H2,1H3. The highest BCUT2D eigenvalue weighted by Gasteiger charge is 2.20. The van der Waals surface area contributed by atoms with Crippen LogP contribution in [0, 0.1) is 0 Å². The topological polar surface area (TPSA) is 62.5 Å². The number of carbonyl (C=O) groups is 1. The predicted octanol–water partition coefficient (Wildman–Crippen LogP) is 0.209. The van der Waals surface area contributed by atoms with Gasteiger partial charge < -0.3 is 15.5 Å². The van der Waals surface area contributed by atoms with Gasteiger partial charge in [0, 0.05) is 51.4 Å². The van der Waals surface area contributed by atoms with Gasteiger partial charge in [-0.1, -0.05) is 6.07 Å². The molecule has 1 aromatic heterocycles. The summed E-state index contributed by atoms with van der Waals surface area (Å²) in [6.45, 7) is 5.27. The fourth-order valence-corrected chi connectivity index (χ4v) is 2.11. The van der Waals surface area contributed by atoms with Crippen molar-refractivity contribution in [3.05, 3.63) is 23.9 Å². The van der Waals surface area contributed by atoms with E-state index in [0.717, 1.165) is 37.6 Å². The largest absolute Gasteiger partial charge is 0.353 e. The van der Waals surface area contributed by atoms with Crippen molar-refractivity contribution in [3.8, 4) is 0 Å². The van der Waals surface area contributed by atoms with Gasteiger partial charge in [-0.15, -0.1) is 0 Å². The Bertz CT molecular complexity index is 399. The average molecular weight is 234 g/mol. The first-order chi connectivity index (χ1) is 8.22. The van der Waals surface area contributed by atoms with Crippen molar-refractivity contribution >= 4 is 11.7 Å². The van der Waals surface area contributed by atoms with Gasteiger partial charge in [0.15, 0.2) is 0 Å². The number of carbonyl (C=O) groups excluding carboxylic acids is 1. The summed E-state index contributed by atoms with van der Waals surface area (Å²) >= 11 is 0. The Morgan fingerprint density at radius 3 is 2.71 bits per heavy atom. The number of nitrogens with zero attached hydrogens (tertiary/aromatic N) is 3. The van der Waals surface area contributed by atoms with Crippen LogP contribution in [0.1, 0.15) is 12.5 Å². The van der Waals surface area contributed by atoms with Gasteiger partial charge in [0.2, 0.25) is 5.91 Å². The maximum Gasteiger partial charge on any atom is 0.219 e. The SMILES string of the molecule is CC(=O)N1CCN(c2ncccc2CN)CC1. The minimum atomic E-state index is 0.143. The van der Waals surface area contributed by atoms with Crippen molar-refractivity contribution in [1.29, 1.82) is 0 Å². The van der Waals surface area contributed by atoms with Crippen LogP contribution in [0.3, 0.4) is 0 Å². The normalized spacial score (nSPS) is 16.1. The molecule has 0 spiro atoms. The second kappa shape index (κ2) is 5.14. The summed E-state index contributed by atoms with van der Waals surface area (Å²) in [4.78, 5) is 19.7. The van der Waals surface area contributed by atoms with Crippen molar-refractivity contribution in [2.75, 3.05) is 31.1 Å². The molecular formula is C12H18N4O. The Kier molecular flexibility index (Phi) is 3.58. The molecule has 0 atom stereocenters. The van der Waals surface area contributed by atoms with E-state index >= 15 is 0 Å². The molecule has 1 aromatic rings. The average Bonchev–Trinajstić information content (AvgIpc) is 2.39. The van der Waals surface area contributed by atoms with Crippen LogP contribution in [0.4, 0.5) is 5.82 Å². The molecular weight excluding hydrogens is 216 g/mol. The van der Waals surface area contributed by atoms with Crippen molar-refractivity contribution in [3.63, 3.8) is 0 Å². The molecule has 5 nitrogen and oxygen atoms in total. The highest BCUT2D eigenvalue weighted by molar-refractivity contribution is 5.73. The number of hydrogen-bond acceptors (Lipinski definition) is 4. The zero-order valence-electron chi connectivity index (χ0n) is 10.1. The van der Waals surface area contributed by atoms with E-state index in [1.165, 1.54) is 0 Å². The zero-order valence-corrected chi connectivity index (χ0v) is 10.1. The highest BCUT2D eigenvalue weighted by atomic mass is 16.2. The van der Waals surface area contributed by atoms with Crippen molar-refractivity contribution in [1.82, 2.24) is 9.88 Å². The fourth-order valence-electron chi connectivity index (χ4n) is 2.11. The van der Waals surface area contributed by atoms with Crippen LogP contribution >= 0.6 is 0 Å². The molecule has 2 rings (SSSR count). The first kappa shape index (κ1) is 11.9.